The Labute approximate surface area is 157 Å². The third kappa shape index (κ3) is 4.50. The normalized spacial score (nSPS) is 10.8. The molecule has 0 aliphatic carbocycles. The third-order valence-electron chi connectivity index (χ3n) is 3.47. The van der Waals surface area contributed by atoms with Crippen LogP contribution in [0.3, 0.4) is 0 Å². The number of benzene rings is 2. The van der Waals surface area contributed by atoms with Crippen molar-refractivity contribution in [2.45, 2.75) is 5.75 Å². The summed E-state index contributed by atoms with van der Waals surface area (Å²) in [5.41, 5.74) is 1.70. The molecule has 5 nitrogen and oxygen atoms in total. The smallest absolute Gasteiger partial charge is 0.269 e. The zero-order valence-electron chi connectivity index (χ0n) is 12.9. The highest BCUT2D eigenvalue weighted by atomic mass is 35.5. The maximum absolute atomic E-state index is 12.0. The first-order chi connectivity index (χ1) is 12.0. The van der Waals surface area contributed by atoms with Gasteiger partial charge in [-0.1, -0.05) is 11.6 Å². The van der Waals surface area contributed by atoms with E-state index < -0.39 is 4.92 Å². The average molecular weight is 393 g/mol. The Morgan fingerprint density at radius 1 is 1.24 bits per heavy atom. The molecule has 25 heavy (non-hydrogen) atoms. The van der Waals surface area contributed by atoms with Gasteiger partial charge in [-0.3, -0.25) is 14.9 Å². The van der Waals surface area contributed by atoms with Crippen LogP contribution in [0.25, 0.3) is 10.1 Å². The van der Waals surface area contributed by atoms with E-state index in [-0.39, 0.29) is 11.6 Å². The predicted octanol–water partition coefficient (Wildman–Crippen LogP) is 5.33. The summed E-state index contributed by atoms with van der Waals surface area (Å²) in [7, 11) is 0. The van der Waals surface area contributed by atoms with Crippen LogP contribution in [-0.2, 0) is 10.5 Å². The first-order valence-electron chi connectivity index (χ1n) is 7.30. The molecule has 0 radical (unpaired) electrons. The number of nitrogens with one attached hydrogen (secondary N) is 1. The van der Waals surface area contributed by atoms with E-state index in [2.05, 4.69) is 10.7 Å². The maximum atomic E-state index is 12.0. The fraction of sp³-hybridized carbons (Fsp3) is 0.118. The summed E-state index contributed by atoms with van der Waals surface area (Å²) in [5, 5.41) is 17.3. The molecule has 3 aromatic rings. The fourth-order valence-corrected chi connectivity index (χ4v) is 4.32. The van der Waals surface area contributed by atoms with E-state index in [1.54, 1.807) is 11.3 Å². The molecule has 0 atom stereocenters. The van der Waals surface area contributed by atoms with Gasteiger partial charge >= 0.3 is 0 Å². The van der Waals surface area contributed by atoms with Gasteiger partial charge in [0.1, 0.15) is 0 Å². The molecule has 0 unspecified atom stereocenters. The summed E-state index contributed by atoms with van der Waals surface area (Å²) in [6.07, 6.45) is 0. The summed E-state index contributed by atoms with van der Waals surface area (Å²) >= 11 is 9.22. The number of non-ortho nitro benzene ring substituents is 1. The number of hydrogen-bond acceptors (Lipinski definition) is 5. The van der Waals surface area contributed by atoms with Crippen LogP contribution in [0.1, 0.15) is 5.56 Å². The number of rotatable bonds is 6. The second kappa shape index (κ2) is 7.86. The van der Waals surface area contributed by atoms with Crippen LogP contribution in [-0.4, -0.2) is 16.6 Å². The highest BCUT2D eigenvalue weighted by molar-refractivity contribution is 7.99. The molecule has 1 N–H and O–H groups in total. The molecule has 1 heterocycles. The Balaban J connectivity index is 1.53. The van der Waals surface area contributed by atoms with Gasteiger partial charge in [0.2, 0.25) is 5.91 Å². The lowest BCUT2D eigenvalue weighted by Crippen LogP contribution is -2.14. The summed E-state index contributed by atoms with van der Waals surface area (Å²) in [6.45, 7) is 0. The van der Waals surface area contributed by atoms with Crippen molar-refractivity contribution in [3.05, 3.63) is 68.5 Å². The monoisotopic (exact) mass is 392 g/mol. The average Bonchev–Trinajstić information content (AvgIpc) is 2.97. The molecule has 128 valence electrons. The molecule has 0 aliphatic heterocycles. The molecule has 2 aromatic carbocycles. The third-order valence-corrected chi connectivity index (χ3v) is 5.70. The summed E-state index contributed by atoms with van der Waals surface area (Å²) in [4.78, 5) is 22.1. The van der Waals surface area contributed by atoms with Crippen molar-refractivity contribution in [2.75, 3.05) is 11.1 Å². The van der Waals surface area contributed by atoms with E-state index in [9.17, 15) is 14.9 Å². The fourth-order valence-electron chi connectivity index (χ4n) is 2.28. The van der Waals surface area contributed by atoms with E-state index >= 15 is 0 Å². The molecule has 0 bridgehead atoms. The number of anilines is 1. The highest BCUT2D eigenvalue weighted by Gasteiger charge is 2.09. The molecule has 0 spiro atoms. The van der Waals surface area contributed by atoms with E-state index in [1.807, 2.05) is 18.2 Å². The zero-order valence-corrected chi connectivity index (χ0v) is 15.3. The number of halogens is 1. The van der Waals surface area contributed by atoms with Crippen molar-refractivity contribution in [3.63, 3.8) is 0 Å². The lowest BCUT2D eigenvalue weighted by molar-refractivity contribution is -0.384. The van der Waals surface area contributed by atoms with Crippen LogP contribution in [0.4, 0.5) is 11.4 Å². The molecule has 0 saturated carbocycles. The van der Waals surface area contributed by atoms with Gasteiger partial charge in [0.15, 0.2) is 0 Å². The maximum Gasteiger partial charge on any atom is 0.269 e. The van der Waals surface area contributed by atoms with Crippen molar-refractivity contribution in [2.24, 2.45) is 0 Å². The van der Waals surface area contributed by atoms with Gasteiger partial charge in [-0.2, -0.15) is 0 Å². The number of thiophene rings is 1. The van der Waals surface area contributed by atoms with Gasteiger partial charge in [-0.15, -0.1) is 23.1 Å². The Morgan fingerprint density at radius 2 is 2.00 bits per heavy atom. The Morgan fingerprint density at radius 3 is 2.72 bits per heavy atom. The van der Waals surface area contributed by atoms with Crippen molar-refractivity contribution in [1.82, 2.24) is 0 Å². The molecule has 3 rings (SSSR count). The van der Waals surface area contributed by atoms with Gasteiger partial charge in [-0.05, 0) is 46.7 Å². The SMILES string of the molecule is O=C(CSCc1csc2ccc(Cl)cc12)Nc1ccc([N+](=O)[O-])cc1. The second-order valence-electron chi connectivity index (χ2n) is 5.25. The molecule has 0 aliphatic rings. The van der Waals surface area contributed by atoms with Gasteiger partial charge in [0.05, 0.1) is 10.7 Å². The molecule has 8 heteroatoms. The van der Waals surface area contributed by atoms with Gasteiger partial charge in [-0.25, -0.2) is 0 Å². The van der Waals surface area contributed by atoms with E-state index in [0.29, 0.717) is 22.2 Å². The minimum Gasteiger partial charge on any atom is -0.325 e. The number of fused-ring (bicyclic) bond motifs is 1. The topological polar surface area (TPSA) is 72.2 Å². The zero-order chi connectivity index (χ0) is 17.8. The number of nitro groups is 1. The van der Waals surface area contributed by atoms with Crippen LogP contribution >= 0.6 is 34.7 Å². The van der Waals surface area contributed by atoms with E-state index in [1.165, 1.54) is 40.7 Å². The molecular weight excluding hydrogens is 380 g/mol. The summed E-state index contributed by atoms with van der Waals surface area (Å²) in [6, 6.07) is 11.6. The van der Waals surface area contributed by atoms with Gasteiger partial charge in [0.25, 0.3) is 5.69 Å². The van der Waals surface area contributed by atoms with Gasteiger partial charge < -0.3 is 5.32 Å². The largest absolute Gasteiger partial charge is 0.325 e. The number of carbonyl (C=O) groups is 1. The molecule has 0 fully saturated rings. The van der Waals surface area contributed by atoms with Crippen LogP contribution in [0.15, 0.2) is 47.8 Å². The van der Waals surface area contributed by atoms with Crippen LogP contribution < -0.4 is 5.32 Å². The molecular formula is C17H13ClN2O3S2. The number of thioether (sulfide) groups is 1. The minimum absolute atomic E-state index is 0.00429. The van der Waals surface area contributed by atoms with Gasteiger partial charge in [0, 0.05) is 33.3 Å². The lowest BCUT2D eigenvalue weighted by Gasteiger charge is -2.05. The van der Waals surface area contributed by atoms with Crippen molar-refractivity contribution in [1.29, 1.82) is 0 Å². The predicted molar refractivity (Wildman–Crippen MR) is 105 cm³/mol. The Bertz CT molecular complexity index is 925. The summed E-state index contributed by atoms with van der Waals surface area (Å²) in [5.74, 6) is 0.875. The first kappa shape index (κ1) is 17.7. The highest BCUT2D eigenvalue weighted by Crippen LogP contribution is 2.31. The number of amides is 1. The minimum atomic E-state index is -0.473. The standard InChI is InChI=1S/C17H13ClN2O3S2/c18-12-1-6-16-15(7-12)11(9-25-16)8-24-10-17(21)19-13-2-4-14(5-3-13)20(22)23/h1-7,9H,8,10H2,(H,19,21). The van der Waals surface area contributed by atoms with E-state index in [0.717, 1.165) is 10.9 Å². The second-order valence-corrected chi connectivity index (χ2v) is 7.58. The number of nitrogens with zero attached hydrogens (tertiary/aromatic N) is 1. The van der Waals surface area contributed by atoms with Crippen LogP contribution in [0, 0.1) is 10.1 Å². The lowest BCUT2D eigenvalue weighted by atomic mass is 10.2. The molecule has 0 saturated heterocycles. The van der Waals surface area contributed by atoms with Crippen LogP contribution in [0.5, 0.6) is 0 Å². The quantitative estimate of drug-likeness (QED) is 0.454. The summed E-state index contributed by atoms with van der Waals surface area (Å²) < 4.78 is 1.18. The van der Waals surface area contributed by atoms with Crippen LogP contribution in [0.2, 0.25) is 5.02 Å². The Kier molecular flexibility index (Phi) is 5.57. The Hall–Kier alpha value is -2.09. The number of nitro benzene ring substituents is 1. The van der Waals surface area contributed by atoms with Crippen molar-refractivity contribution < 1.29 is 9.72 Å². The first-order valence-corrected chi connectivity index (χ1v) is 9.72. The molecule has 1 amide bonds. The van der Waals surface area contributed by atoms with Crippen molar-refractivity contribution >= 4 is 62.1 Å². The number of hydrogen-bond donors (Lipinski definition) is 1. The van der Waals surface area contributed by atoms with Crippen molar-refractivity contribution in [3.8, 4) is 0 Å². The van der Waals surface area contributed by atoms with E-state index in [4.69, 9.17) is 11.6 Å². The molecule has 1 aromatic heterocycles. The number of carbonyl (C=O) groups excluding carboxylic acids is 1.